The van der Waals surface area contributed by atoms with Crippen molar-refractivity contribution in [2.45, 2.75) is 25.4 Å². The highest BCUT2D eigenvalue weighted by molar-refractivity contribution is 5.93. The molecule has 0 spiro atoms. The van der Waals surface area contributed by atoms with Crippen LogP contribution in [-0.4, -0.2) is 47.9 Å². The summed E-state index contributed by atoms with van der Waals surface area (Å²) < 4.78 is 0. The molecule has 20 heavy (non-hydrogen) atoms. The van der Waals surface area contributed by atoms with Crippen molar-refractivity contribution in [3.8, 4) is 0 Å². The lowest BCUT2D eigenvalue weighted by Crippen LogP contribution is -2.49. The summed E-state index contributed by atoms with van der Waals surface area (Å²) in [6.45, 7) is 5.48. The highest BCUT2D eigenvalue weighted by Gasteiger charge is 2.30. The Balaban J connectivity index is 1.67. The minimum atomic E-state index is -0.428. The number of hydrogen-bond donors (Lipinski definition) is 2. The highest BCUT2D eigenvalue weighted by atomic mass is 16.1. The normalized spacial score (nSPS) is 23.7. The van der Waals surface area contributed by atoms with Crippen molar-refractivity contribution in [2.75, 3.05) is 31.9 Å². The van der Waals surface area contributed by atoms with Gasteiger partial charge in [-0.25, -0.2) is 0 Å². The predicted molar refractivity (Wildman–Crippen MR) is 79.2 cm³/mol. The number of carbonyl (C=O) groups is 1. The number of nitrogens with zero attached hydrogens (tertiary/aromatic N) is 2. The third-order valence-electron chi connectivity index (χ3n) is 4.50. The average molecular weight is 274 g/mol. The molecule has 3 rings (SSSR count). The standard InChI is InChI=1S/C15H22N4O/c16-14-8-11(15(17)20)3-4-12(14)9-18-6-7-19-5-1-2-13(19)10-18/h3-4,8,13H,1-2,5-7,9-10,16H2,(H2,17,20). The van der Waals surface area contributed by atoms with Gasteiger partial charge in [-0.05, 0) is 37.1 Å². The lowest BCUT2D eigenvalue weighted by Gasteiger charge is -2.37. The minimum absolute atomic E-state index is 0.428. The Morgan fingerprint density at radius 2 is 2.15 bits per heavy atom. The van der Waals surface area contributed by atoms with Gasteiger partial charge in [-0.2, -0.15) is 0 Å². The van der Waals surface area contributed by atoms with E-state index in [2.05, 4.69) is 9.80 Å². The zero-order valence-corrected chi connectivity index (χ0v) is 11.7. The number of nitrogen functional groups attached to an aromatic ring is 1. The predicted octanol–water partition coefficient (Wildman–Crippen LogP) is 0.648. The van der Waals surface area contributed by atoms with E-state index < -0.39 is 5.91 Å². The first kappa shape index (κ1) is 13.4. The topological polar surface area (TPSA) is 75.6 Å². The molecule has 0 radical (unpaired) electrons. The van der Waals surface area contributed by atoms with E-state index in [9.17, 15) is 4.79 Å². The maximum atomic E-state index is 11.1. The van der Waals surface area contributed by atoms with Crippen LogP contribution in [0.3, 0.4) is 0 Å². The van der Waals surface area contributed by atoms with Gasteiger partial charge < -0.3 is 11.5 Å². The van der Waals surface area contributed by atoms with E-state index in [0.717, 1.165) is 37.8 Å². The molecule has 4 N–H and O–H groups in total. The third kappa shape index (κ3) is 2.64. The summed E-state index contributed by atoms with van der Waals surface area (Å²) in [5, 5.41) is 0. The van der Waals surface area contributed by atoms with Crippen molar-refractivity contribution in [2.24, 2.45) is 5.73 Å². The molecule has 0 saturated carbocycles. The van der Waals surface area contributed by atoms with Gasteiger partial charge in [-0.3, -0.25) is 14.6 Å². The molecule has 5 nitrogen and oxygen atoms in total. The molecule has 0 bridgehead atoms. The number of amides is 1. The smallest absolute Gasteiger partial charge is 0.248 e. The van der Waals surface area contributed by atoms with Gasteiger partial charge >= 0.3 is 0 Å². The fourth-order valence-corrected chi connectivity index (χ4v) is 3.33. The third-order valence-corrected chi connectivity index (χ3v) is 4.50. The largest absolute Gasteiger partial charge is 0.398 e. The first-order chi connectivity index (χ1) is 9.63. The Morgan fingerprint density at radius 3 is 2.90 bits per heavy atom. The zero-order chi connectivity index (χ0) is 14.1. The molecule has 0 aliphatic carbocycles. The van der Waals surface area contributed by atoms with E-state index in [4.69, 9.17) is 11.5 Å². The van der Waals surface area contributed by atoms with Crippen LogP contribution in [0.25, 0.3) is 0 Å². The second-order valence-electron chi connectivity index (χ2n) is 5.84. The maximum Gasteiger partial charge on any atom is 0.248 e. The van der Waals surface area contributed by atoms with Crippen LogP contribution in [0.1, 0.15) is 28.8 Å². The van der Waals surface area contributed by atoms with Gasteiger partial charge in [0, 0.05) is 43.5 Å². The van der Waals surface area contributed by atoms with E-state index in [1.165, 1.54) is 19.4 Å². The first-order valence-corrected chi connectivity index (χ1v) is 7.28. The number of benzene rings is 1. The van der Waals surface area contributed by atoms with Gasteiger partial charge in [0.1, 0.15) is 0 Å². The molecule has 2 aliphatic heterocycles. The molecule has 108 valence electrons. The van der Waals surface area contributed by atoms with E-state index in [0.29, 0.717) is 11.3 Å². The molecule has 2 saturated heterocycles. The van der Waals surface area contributed by atoms with Crippen LogP contribution in [-0.2, 0) is 6.54 Å². The summed E-state index contributed by atoms with van der Waals surface area (Å²) in [7, 11) is 0. The molecule has 1 atom stereocenters. The second kappa shape index (κ2) is 5.42. The lowest BCUT2D eigenvalue weighted by atomic mass is 10.1. The van der Waals surface area contributed by atoms with Crippen molar-refractivity contribution in [3.05, 3.63) is 29.3 Å². The van der Waals surface area contributed by atoms with Crippen molar-refractivity contribution in [1.82, 2.24) is 9.80 Å². The molecule has 1 amide bonds. The molecule has 5 heteroatoms. The van der Waals surface area contributed by atoms with Crippen LogP contribution in [0.15, 0.2) is 18.2 Å². The van der Waals surface area contributed by atoms with Crippen LogP contribution in [0, 0.1) is 0 Å². The minimum Gasteiger partial charge on any atom is -0.398 e. The average Bonchev–Trinajstić information content (AvgIpc) is 2.88. The molecule has 1 unspecified atom stereocenters. The van der Waals surface area contributed by atoms with Crippen LogP contribution in [0.4, 0.5) is 5.69 Å². The molecule has 1 aromatic carbocycles. The quantitative estimate of drug-likeness (QED) is 0.794. The molecular weight excluding hydrogens is 252 g/mol. The summed E-state index contributed by atoms with van der Waals surface area (Å²) in [6.07, 6.45) is 2.64. The maximum absolute atomic E-state index is 11.1. The van der Waals surface area contributed by atoms with Gasteiger partial charge in [-0.1, -0.05) is 6.07 Å². The summed E-state index contributed by atoms with van der Waals surface area (Å²) in [6, 6.07) is 6.09. The molecule has 0 aromatic heterocycles. The van der Waals surface area contributed by atoms with Crippen LogP contribution >= 0.6 is 0 Å². The summed E-state index contributed by atoms with van der Waals surface area (Å²) >= 11 is 0. The van der Waals surface area contributed by atoms with E-state index in [1.54, 1.807) is 12.1 Å². The van der Waals surface area contributed by atoms with Crippen molar-refractivity contribution in [1.29, 1.82) is 0 Å². The van der Waals surface area contributed by atoms with E-state index in [1.807, 2.05) is 6.07 Å². The van der Waals surface area contributed by atoms with Crippen LogP contribution < -0.4 is 11.5 Å². The molecule has 2 heterocycles. The van der Waals surface area contributed by atoms with Crippen molar-refractivity contribution >= 4 is 11.6 Å². The van der Waals surface area contributed by atoms with Gasteiger partial charge in [0.2, 0.25) is 5.91 Å². The molecule has 2 fully saturated rings. The van der Waals surface area contributed by atoms with Crippen molar-refractivity contribution < 1.29 is 4.79 Å². The fraction of sp³-hybridized carbons (Fsp3) is 0.533. The van der Waals surface area contributed by atoms with Crippen molar-refractivity contribution in [3.63, 3.8) is 0 Å². The summed E-state index contributed by atoms with van der Waals surface area (Å²) in [5.41, 5.74) is 13.5. The summed E-state index contributed by atoms with van der Waals surface area (Å²) in [4.78, 5) is 16.2. The molecular formula is C15H22N4O. The first-order valence-electron chi connectivity index (χ1n) is 7.28. The summed E-state index contributed by atoms with van der Waals surface area (Å²) in [5.74, 6) is -0.428. The zero-order valence-electron chi connectivity index (χ0n) is 11.7. The lowest BCUT2D eigenvalue weighted by molar-refractivity contribution is 0.0993. The number of rotatable bonds is 3. The fourth-order valence-electron chi connectivity index (χ4n) is 3.33. The number of carbonyl (C=O) groups excluding carboxylic acids is 1. The number of piperazine rings is 1. The van der Waals surface area contributed by atoms with Gasteiger partial charge in [0.05, 0.1) is 0 Å². The Labute approximate surface area is 119 Å². The van der Waals surface area contributed by atoms with Gasteiger partial charge in [-0.15, -0.1) is 0 Å². The highest BCUT2D eigenvalue weighted by Crippen LogP contribution is 2.24. The Kier molecular flexibility index (Phi) is 3.63. The van der Waals surface area contributed by atoms with Crippen LogP contribution in [0.2, 0.25) is 0 Å². The van der Waals surface area contributed by atoms with Gasteiger partial charge in [0.25, 0.3) is 0 Å². The second-order valence-corrected chi connectivity index (χ2v) is 5.84. The number of hydrogen-bond acceptors (Lipinski definition) is 4. The molecule has 1 aromatic rings. The SMILES string of the molecule is NC(=O)c1ccc(CN2CCN3CCCC3C2)c(N)c1. The van der Waals surface area contributed by atoms with Crippen LogP contribution in [0.5, 0.6) is 0 Å². The van der Waals surface area contributed by atoms with Gasteiger partial charge in [0.15, 0.2) is 0 Å². The Hall–Kier alpha value is -1.59. The Morgan fingerprint density at radius 1 is 1.30 bits per heavy atom. The number of fused-ring (bicyclic) bond motifs is 1. The number of nitrogens with two attached hydrogens (primary N) is 2. The van der Waals surface area contributed by atoms with E-state index >= 15 is 0 Å². The number of anilines is 1. The number of primary amides is 1. The van der Waals surface area contributed by atoms with E-state index in [-0.39, 0.29) is 0 Å². The molecule has 2 aliphatic rings. The monoisotopic (exact) mass is 274 g/mol. The Bertz CT molecular complexity index is 517.